The van der Waals surface area contributed by atoms with Gasteiger partial charge in [-0.1, -0.05) is 24.3 Å². The molecule has 5 nitrogen and oxygen atoms in total. The van der Waals surface area contributed by atoms with Crippen molar-refractivity contribution in [3.63, 3.8) is 0 Å². The van der Waals surface area contributed by atoms with Gasteiger partial charge in [0.05, 0.1) is 0 Å². The molecule has 2 aliphatic carbocycles. The van der Waals surface area contributed by atoms with E-state index in [2.05, 4.69) is 16.9 Å². The van der Waals surface area contributed by atoms with Crippen molar-refractivity contribution in [2.24, 2.45) is 5.92 Å². The summed E-state index contributed by atoms with van der Waals surface area (Å²) in [4.78, 5) is 12.6. The van der Waals surface area contributed by atoms with Crippen molar-refractivity contribution in [2.45, 2.75) is 43.4 Å². The van der Waals surface area contributed by atoms with Crippen LogP contribution in [0.1, 0.15) is 35.5 Å². The molecule has 1 fully saturated rings. The Morgan fingerprint density at radius 1 is 1.29 bits per heavy atom. The van der Waals surface area contributed by atoms with Gasteiger partial charge in [0.15, 0.2) is 0 Å². The first-order valence-electron chi connectivity index (χ1n) is 8.05. The van der Waals surface area contributed by atoms with E-state index in [0.717, 1.165) is 19.3 Å². The summed E-state index contributed by atoms with van der Waals surface area (Å²) in [6, 6.07) is 9.58. The third-order valence-electron chi connectivity index (χ3n) is 5.31. The molecule has 0 saturated heterocycles. The van der Waals surface area contributed by atoms with Gasteiger partial charge < -0.3 is 4.42 Å². The monoisotopic (exact) mass is 345 g/mol. The number of carbonyl (C=O) groups excluding carboxylic acids is 1. The molecular formula is C18H19NO4S. The summed E-state index contributed by atoms with van der Waals surface area (Å²) in [6.45, 7) is 3.26. The largest absolute Gasteiger partial charge is 0.465 e. The summed E-state index contributed by atoms with van der Waals surface area (Å²) in [6.07, 6.45) is 2.58. The van der Waals surface area contributed by atoms with Crippen molar-refractivity contribution < 1.29 is 17.6 Å². The molecule has 1 amide bonds. The van der Waals surface area contributed by atoms with E-state index >= 15 is 0 Å². The number of hydrogen-bond donors (Lipinski definition) is 1. The molecule has 1 heterocycles. The Bertz CT molecular complexity index is 944. The lowest BCUT2D eigenvalue weighted by Gasteiger charge is -2.11. The van der Waals surface area contributed by atoms with E-state index in [9.17, 15) is 13.2 Å². The van der Waals surface area contributed by atoms with Crippen LogP contribution in [0.5, 0.6) is 0 Å². The molecule has 1 aromatic heterocycles. The van der Waals surface area contributed by atoms with E-state index in [0.29, 0.717) is 11.5 Å². The zero-order valence-electron chi connectivity index (χ0n) is 13.6. The maximum Gasteiger partial charge on any atom is 0.267 e. The van der Waals surface area contributed by atoms with Crippen LogP contribution >= 0.6 is 0 Å². The summed E-state index contributed by atoms with van der Waals surface area (Å²) < 4.78 is 32.4. The van der Waals surface area contributed by atoms with Crippen LogP contribution in [0.2, 0.25) is 0 Å². The maximum absolute atomic E-state index is 12.6. The molecular weight excluding hydrogens is 326 g/mol. The van der Waals surface area contributed by atoms with E-state index in [1.807, 2.05) is 12.1 Å². The second-order valence-electron chi connectivity index (χ2n) is 6.82. The fraction of sp³-hybridized carbons (Fsp3) is 0.389. The molecule has 1 N–H and O–H groups in total. The van der Waals surface area contributed by atoms with Crippen LogP contribution in [-0.4, -0.2) is 14.3 Å². The Labute approximate surface area is 141 Å². The topological polar surface area (TPSA) is 76.4 Å². The van der Waals surface area contributed by atoms with Crippen molar-refractivity contribution in [1.29, 1.82) is 0 Å². The molecule has 1 spiro atoms. The first-order valence-corrected chi connectivity index (χ1v) is 9.54. The van der Waals surface area contributed by atoms with E-state index in [1.54, 1.807) is 13.8 Å². The highest BCUT2D eigenvalue weighted by Gasteiger charge is 2.61. The van der Waals surface area contributed by atoms with Gasteiger partial charge in [0.2, 0.25) is 5.91 Å². The van der Waals surface area contributed by atoms with E-state index in [1.165, 1.54) is 17.2 Å². The van der Waals surface area contributed by atoms with Gasteiger partial charge in [-0.25, -0.2) is 13.1 Å². The molecule has 0 bridgehead atoms. The number of benzene rings is 1. The number of amides is 1. The smallest absolute Gasteiger partial charge is 0.267 e. The predicted octanol–water partition coefficient (Wildman–Crippen LogP) is 2.61. The maximum atomic E-state index is 12.6. The fourth-order valence-electron chi connectivity index (χ4n) is 4.07. The van der Waals surface area contributed by atoms with Crippen molar-refractivity contribution in [3.05, 3.63) is 53.0 Å². The molecule has 1 saturated carbocycles. The zero-order chi connectivity index (χ0) is 17.1. The van der Waals surface area contributed by atoms with Crippen LogP contribution in [0.25, 0.3) is 0 Å². The van der Waals surface area contributed by atoms with Gasteiger partial charge in [0, 0.05) is 17.4 Å². The molecule has 4 rings (SSSR count). The lowest BCUT2D eigenvalue weighted by Crippen LogP contribution is -2.33. The lowest BCUT2D eigenvalue weighted by atomic mass is 9.95. The second-order valence-corrected chi connectivity index (χ2v) is 8.47. The average Bonchev–Trinajstić information content (AvgIpc) is 2.99. The van der Waals surface area contributed by atoms with E-state index < -0.39 is 15.9 Å². The number of sulfonamides is 1. The van der Waals surface area contributed by atoms with Gasteiger partial charge in [0.25, 0.3) is 10.0 Å². The lowest BCUT2D eigenvalue weighted by molar-refractivity contribution is -0.121. The van der Waals surface area contributed by atoms with E-state index in [4.69, 9.17) is 4.42 Å². The third-order valence-corrected chi connectivity index (χ3v) is 6.76. The van der Waals surface area contributed by atoms with Crippen LogP contribution in [-0.2, 0) is 26.7 Å². The van der Waals surface area contributed by atoms with Crippen LogP contribution in [0.4, 0.5) is 0 Å². The van der Waals surface area contributed by atoms with Gasteiger partial charge in [-0.3, -0.25) is 4.79 Å². The minimum Gasteiger partial charge on any atom is -0.465 e. The molecule has 0 radical (unpaired) electrons. The Hall–Kier alpha value is -2.08. The minimum atomic E-state index is -3.89. The number of fused-ring (bicyclic) bond motifs is 2. The van der Waals surface area contributed by atoms with Crippen LogP contribution in [0, 0.1) is 19.8 Å². The SMILES string of the molecule is Cc1cc(S(=O)(=O)NC(=O)C2CC23CCc2ccccc23)c(C)o1. The number of rotatable bonds is 3. The number of hydrogen-bond acceptors (Lipinski definition) is 4. The number of carbonyl (C=O) groups is 1. The van der Waals surface area contributed by atoms with Gasteiger partial charge in [-0.15, -0.1) is 0 Å². The number of nitrogens with one attached hydrogen (secondary N) is 1. The molecule has 2 unspecified atom stereocenters. The highest BCUT2D eigenvalue weighted by molar-refractivity contribution is 7.90. The molecule has 24 heavy (non-hydrogen) atoms. The Morgan fingerprint density at radius 2 is 2.04 bits per heavy atom. The zero-order valence-corrected chi connectivity index (χ0v) is 14.4. The van der Waals surface area contributed by atoms with E-state index in [-0.39, 0.29) is 16.2 Å². The molecule has 1 aromatic carbocycles. The first-order chi connectivity index (χ1) is 11.3. The van der Waals surface area contributed by atoms with Crippen LogP contribution in [0.15, 0.2) is 39.6 Å². The Morgan fingerprint density at radius 3 is 2.75 bits per heavy atom. The molecule has 2 aliphatic rings. The van der Waals surface area contributed by atoms with Crippen LogP contribution in [0.3, 0.4) is 0 Å². The number of aryl methyl sites for hydroxylation is 3. The fourth-order valence-corrected chi connectivity index (χ4v) is 5.33. The van der Waals surface area contributed by atoms with Gasteiger partial charge in [-0.05, 0) is 44.2 Å². The van der Waals surface area contributed by atoms with Crippen molar-refractivity contribution in [3.8, 4) is 0 Å². The molecule has 2 aromatic rings. The number of furan rings is 1. The minimum absolute atomic E-state index is 0.0369. The molecule has 6 heteroatoms. The highest BCUT2D eigenvalue weighted by Crippen LogP contribution is 2.61. The molecule has 126 valence electrons. The summed E-state index contributed by atoms with van der Waals surface area (Å²) in [7, 11) is -3.89. The summed E-state index contributed by atoms with van der Waals surface area (Å²) >= 11 is 0. The van der Waals surface area contributed by atoms with Crippen LogP contribution < -0.4 is 4.72 Å². The Kier molecular flexibility index (Phi) is 3.19. The summed E-state index contributed by atoms with van der Waals surface area (Å²) in [5.74, 6) is 0.117. The Balaban J connectivity index is 1.56. The summed E-state index contributed by atoms with van der Waals surface area (Å²) in [5, 5.41) is 0. The normalized spacial score (nSPS) is 24.8. The summed E-state index contributed by atoms with van der Waals surface area (Å²) in [5.41, 5.74) is 2.31. The first kappa shape index (κ1) is 15.4. The van der Waals surface area contributed by atoms with Gasteiger partial charge in [-0.2, -0.15) is 0 Å². The average molecular weight is 345 g/mol. The van der Waals surface area contributed by atoms with Gasteiger partial charge in [0.1, 0.15) is 16.4 Å². The standard InChI is InChI=1S/C18H19NO4S/c1-11-9-16(12(2)23-11)24(21,22)19-17(20)15-10-18(15)8-7-13-5-3-4-6-14(13)18/h3-6,9,15H,7-8,10H2,1-2H3,(H,19,20). The quantitative estimate of drug-likeness (QED) is 0.928. The molecule has 0 aliphatic heterocycles. The van der Waals surface area contributed by atoms with Gasteiger partial charge >= 0.3 is 0 Å². The predicted molar refractivity (Wildman–Crippen MR) is 88.1 cm³/mol. The van der Waals surface area contributed by atoms with Crippen molar-refractivity contribution >= 4 is 15.9 Å². The van der Waals surface area contributed by atoms with Crippen molar-refractivity contribution in [2.75, 3.05) is 0 Å². The van der Waals surface area contributed by atoms with Crippen molar-refractivity contribution in [1.82, 2.24) is 4.72 Å². The highest BCUT2D eigenvalue weighted by atomic mass is 32.2. The second kappa shape index (κ2) is 4.96. The molecule has 2 atom stereocenters. The third kappa shape index (κ3) is 2.20.